The minimum Gasteiger partial charge on any atom is -0.591 e. The Bertz CT molecular complexity index is 438. The molecule has 1 aromatic carbocycles. The number of fused-ring (bicyclic) bond motifs is 1. The first kappa shape index (κ1) is 12.5. The van der Waals surface area contributed by atoms with E-state index in [4.69, 9.17) is 4.74 Å². The summed E-state index contributed by atoms with van der Waals surface area (Å²) in [7, 11) is 0. The van der Waals surface area contributed by atoms with Crippen LogP contribution in [0.3, 0.4) is 0 Å². The summed E-state index contributed by atoms with van der Waals surface area (Å²) in [4.78, 5) is 0. The van der Waals surface area contributed by atoms with Gasteiger partial charge >= 0.3 is 0 Å². The van der Waals surface area contributed by atoms with Gasteiger partial charge in [0, 0.05) is 17.5 Å². The molecule has 1 aliphatic rings. The van der Waals surface area contributed by atoms with Crippen LogP contribution in [-0.4, -0.2) is 22.1 Å². The topological polar surface area (TPSA) is 44.7 Å². The molecule has 3 nitrogen and oxygen atoms in total. The Morgan fingerprint density at radius 3 is 2.88 bits per heavy atom. The van der Waals surface area contributed by atoms with Gasteiger partial charge in [-0.1, -0.05) is 16.5 Å². The molecule has 0 N–H and O–H groups in total. The third-order valence-corrected chi connectivity index (χ3v) is 3.93. The lowest BCUT2D eigenvalue weighted by atomic mass is 10.1. The van der Waals surface area contributed by atoms with Gasteiger partial charge in [0.25, 0.3) is 0 Å². The second kappa shape index (κ2) is 4.70. The minimum atomic E-state index is -1.21. The van der Waals surface area contributed by atoms with Gasteiger partial charge in [-0.3, -0.25) is 0 Å². The smallest absolute Gasteiger partial charge is 0.144 e. The molecule has 0 aliphatic carbocycles. The summed E-state index contributed by atoms with van der Waals surface area (Å²) >= 11 is -1.21. The van der Waals surface area contributed by atoms with Crippen LogP contribution in [-0.2, 0) is 17.8 Å². The van der Waals surface area contributed by atoms with Gasteiger partial charge in [0.1, 0.15) is 21.9 Å². The second-order valence-corrected chi connectivity index (χ2v) is 6.95. The van der Waals surface area contributed by atoms with Crippen molar-refractivity contribution in [3.8, 4) is 5.75 Å². The quantitative estimate of drug-likeness (QED) is 0.599. The van der Waals surface area contributed by atoms with Crippen LogP contribution >= 0.6 is 0 Å². The van der Waals surface area contributed by atoms with Crippen molar-refractivity contribution in [1.82, 2.24) is 0 Å². The minimum absolute atomic E-state index is 0.315. The van der Waals surface area contributed by atoms with Crippen molar-refractivity contribution in [2.24, 2.45) is 4.40 Å². The monoisotopic (exact) mass is 251 g/mol. The molecule has 0 saturated heterocycles. The third kappa shape index (κ3) is 2.82. The number of hydrogen-bond donors (Lipinski definition) is 0. The number of hydrogen-bond acceptors (Lipinski definition) is 3. The fourth-order valence-corrected chi connectivity index (χ4v) is 2.16. The van der Waals surface area contributed by atoms with Crippen LogP contribution < -0.4 is 4.74 Å². The van der Waals surface area contributed by atoms with Crippen molar-refractivity contribution >= 4 is 17.6 Å². The highest BCUT2D eigenvalue weighted by atomic mass is 32.2. The van der Waals surface area contributed by atoms with E-state index >= 15 is 0 Å². The average molecular weight is 251 g/mol. The summed E-state index contributed by atoms with van der Waals surface area (Å²) in [5.41, 5.74) is 2.18. The van der Waals surface area contributed by atoms with Gasteiger partial charge in [-0.25, -0.2) is 0 Å². The zero-order valence-electron chi connectivity index (χ0n) is 10.4. The maximum atomic E-state index is 11.8. The lowest BCUT2D eigenvalue weighted by Gasteiger charge is -2.17. The van der Waals surface area contributed by atoms with Crippen LogP contribution in [0.5, 0.6) is 5.75 Å². The molecule has 4 heteroatoms. The number of rotatable bonds is 2. The summed E-state index contributed by atoms with van der Waals surface area (Å²) in [6.45, 7) is 6.47. The molecule has 17 heavy (non-hydrogen) atoms. The molecule has 0 radical (unpaired) electrons. The third-order valence-electron chi connectivity index (χ3n) is 2.59. The summed E-state index contributed by atoms with van der Waals surface area (Å²) < 4.78 is 21.1. The Morgan fingerprint density at radius 2 is 2.18 bits per heavy atom. The van der Waals surface area contributed by atoms with Crippen LogP contribution in [0.1, 0.15) is 31.9 Å². The lowest BCUT2D eigenvalue weighted by molar-refractivity contribution is 0.357. The molecule has 1 aliphatic heterocycles. The van der Waals surface area contributed by atoms with Gasteiger partial charge < -0.3 is 9.29 Å². The second-order valence-electron chi connectivity index (χ2n) is 5.02. The molecule has 1 atom stereocenters. The first-order valence-corrected chi connectivity index (χ1v) is 6.80. The molecule has 2 rings (SSSR count). The van der Waals surface area contributed by atoms with Crippen molar-refractivity contribution in [1.29, 1.82) is 0 Å². The average Bonchev–Trinajstić information content (AvgIpc) is 2.72. The first-order valence-electron chi connectivity index (χ1n) is 5.69. The van der Waals surface area contributed by atoms with E-state index in [9.17, 15) is 4.55 Å². The molecule has 1 aromatic rings. The zero-order chi connectivity index (χ0) is 12.5. The maximum absolute atomic E-state index is 11.8. The van der Waals surface area contributed by atoms with E-state index in [0.717, 1.165) is 24.3 Å². The van der Waals surface area contributed by atoms with Gasteiger partial charge in [-0.05, 0) is 26.8 Å². The van der Waals surface area contributed by atoms with E-state index in [2.05, 4.69) is 4.40 Å². The van der Waals surface area contributed by atoms with Crippen molar-refractivity contribution in [2.75, 3.05) is 6.61 Å². The van der Waals surface area contributed by atoms with Crippen LogP contribution in [0.2, 0.25) is 0 Å². The summed E-state index contributed by atoms with van der Waals surface area (Å²) in [6, 6.07) is 5.88. The molecular weight excluding hydrogens is 234 g/mol. The van der Waals surface area contributed by atoms with Crippen molar-refractivity contribution in [2.45, 2.75) is 31.9 Å². The Kier molecular flexibility index (Phi) is 3.45. The number of benzene rings is 1. The van der Waals surface area contributed by atoms with E-state index < -0.39 is 11.4 Å². The maximum Gasteiger partial charge on any atom is 0.144 e. The van der Waals surface area contributed by atoms with Crippen molar-refractivity contribution < 1.29 is 9.29 Å². The molecule has 1 heterocycles. The van der Waals surface area contributed by atoms with Crippen LogP contribution in [0, 0.1) is 0 Å². The number of ether oxygens (including phenoxy) is 1. The standard InChI is InChI=1S/C13H17NO2S/c1-13(2,3)17(15)14-9-10-5-4-6-12-11(10)7-8-16-12/h4-6,9H,7-8H2,1-3H3/t17-/m1/s1. The van der Waals surface area contributed by atoms with Gasteiger partial charge in [-0.15, -0.1) is 0 Å². The van der Waals surface area contributed by atoms with Crippen molar-refractivity contribution in [3.63, 3.8) is 0 Å². The molecule has 92 valence electrons. The summed E-state index contributed by atoms with van der Waals surface area (Å²) in [5, 5.41) is 0. The van der Waals surface area contributed by atoms with E-state index in [1.165, 1.54) is 5.56 Å². The van der Waals surface area contributed by atoms with Gasteiger partial charge in [0.15, 0.2) is 0 Å². The molecule has 0 spiro atoms. The molecule has 0 unspecified atom stereocenters. The SMILES string of the molecule is CC(C)(C)[S@@+]([O-])N=Cc1cccc2c1CCO2. The van der Waals surface area contributed by atoms with E-state index in [1.807, 2.05) is 39.0 Å². The van der Waals surface area contributed by atoms with E-state index in [-0.39, 0.29) is 4.75 Å². The highest BCUT2D eigenvalue weighted by Crippen LogP contribution is 2.27. The first-order chi connectivity index (χ1) is 7.98. The Morgan fingerprint density at radius 1 is 1.41 bits per heavy atom. The Balaban J connectivity index is 2.20. The molecule has 0 saturated carbocycles. The molecule has 0 amide bonds. The van der Waals surface area contributed by atoms with Gasteiger partial charge in [0.05, 0.1) is 12.8 Å². The predicted molar refractivity (Wildman–Crippen MR) is 71.1 cm³/mol. The molecular formula is C13H17NO2S. The Hall–Kier alpha value is -1.00. The van der Waals surface area contributed by atoms with Gasteiger partial charge in [0.2, 0.25) is 0 Å². The molecule has 0 aromatic heterocycles. The summed E-state index contributed by atoms with van der Waals surface area (Å²) in [6.07, 6.45) is 2.61. The zero-order valence-corrected chi connectivity index (χ0v) is 11.2. The number of nitrogens with zero attached hydrogens (tertiary/aromatic N) is 1. The largest absolute Gasteiger partial charge is 0.591 e. The summed E-state index contributed by atoms with van der Waals surface area (Å²) in [5.74, 6) is 0.926. The van der Waals surface area contributed by atoms with Crippen LogP contribution in [0.25, 0.3) is 0 Å². The van der Waals surface area contributed by atoms with Crippen LogP contribution in [0.4, 0.5) is 0 Å². The molecule has 0 fully saturated rings. The fraction of sp³-hybridized carbons (Fsp3) is 0.462. The lowest BCUT2D eigenvalue weighted by Crippen LogP contribution is -2.25. The van der Waals surface area contributed by atoms with Gasteiger partial charge in [-0.2, -0.15) is 0 Å². The van der Waals surface area contributed by atoms with Crippen molar-refractivity contribution in [3.05, 3.63) is 29.3 Å². The highest BCUT2D eigenvalue weighted by Gasteiger charge is 2.26. The fourth-order valence-electron chi connectivity index (χ4n) is 1.63. The predicted octanol–water partition coefficient (Wildman–Crippen LogP) is 2.50. The van der Waals surface area contributed by atoms with E-state index in [0.29, 0.717) is 0 Å². The highest BCUT2D eigenvalue weighted by molar-refractivity contribution is 7.91. The Labute approximate surface area is 105 Å². The molecule has 0 bridgehead atoms. The van der Waals surface area contributed by atoms with E-state index in [1.54, 1.807) is 6.21 Å². The normalized spacial score (nSPS) is 16.9. The van der Waals surface area contributed by atoms with Crippen LogP contribution in [0.15, 0.2) is 22.6 Å².